The third-order valence-electron chi connectivity index (χ3n) is 2.59. The number of hydrogen-bond donors (Lipinski definition) is 2. The van der Waals surface area contributed by atoms with Crippen LogP contribution < -0.4 is 16.2 Å². The van der Waals surface area contributed by atoms with Gasteiger partial charge in [-0.05, 0) is 12.8 Å². The molecule has 112 valence electrons. The van der Waals surface area contributed by atoms with E-state index in [0.717, 1.165) is 24.1 Å². The summed E-state index contributed by atoms with van der Waals surface area (Å²) in [5, 5.41) is 9.75. The molecule has 0 radical (unpaired) electrons. The Morgan fingerprint density at radius 3 is 2.90 bits per heavy atom. The highest BCUT2D eigenvalue weighted by molar-refractivity contribution is 5.75. The quantitative estimate of drug-likeness (QED) is 0.633. The SMILES string of the molecule is CCCNc1cnn(CC(=O)NCCCOC)c(=O)c1. The van der Waals surface area contributed by atoms with E-state index in [4.69, 9.17) is 4.74 Å². The molecule has 0 saturated heterocycles. The maximum Gasteiger partial charge on any atom is 0.269 e. The van der Waals surface area contributed by atoms with Gasteiger partial charge in [0, 0.05) is 32.9 Å². The molecule has 0 atom stereocenters. The lowest BCUT2D eigenvalue weighted by molar-refractivity contribution is -0.121. The zero-order valence-electron chi connectivity index (χ0n) is 12.0. The number of anilines is 1. The Hall–Kier alpha value is -1.89. The molecule has 0 aliphatic rings. The molecule has 1 rings (SSSR count). The Morgan fingerprint density at radius 2 is 2.25 bits per heavy atom. The summed E-state index contributed by atoms with van der Waals surface area (Å²) in [6, 6.07) is 1.45. The molecule has 0 bridgehead atoms. The molecule has 7 nitrogen and oxygen atoms in total. The summed E-state index contributed by atoms with van der Waals surface area (Å²) in [6.07, 6.45) is 3.26. The molecule has 7 heteroatoms. The minimum Gasteiger partial charge on any atom is -0.385 e. The Labute approximate surface area is 118 Å². The van der Waals surface area contributed by atoms with Crippen LogP contribution in [0.1, 0.15) is 19.8 Å². The van der Waals surface area contributed by atoms with Crippen molar-refractivity contribution in [1.29, 1.82) is 0 Å². The molecule has 1 heterocycles. The van der Waals surface area contributed by atoms with Gasteiger partial charge in [-0.1, -0.05) is 6.92 Å². The predicted molar refractivity (Wildman–Crippen MR) is 76.8 cm³/mol. The molecular formula is C13H22N4O3. The summed E-state index contributed by atoms with van der Waals surface area (Å²) in [6.45, 7) is 3.87. The zero-order valence-corrected chi connectivity index (χ0v) is 12.0. The van der Waals surface area contributed by atoms with Crippen LogP contribution in [0.2, 0.25) is 0 Å². The maximum absolute atomic E-state index is 11.8. The number of ether oxygens (including phenoxy) is 1. The fraction of sp³-hybridized carbons (Fsp3) is 0.615. The van der Waals surface area contributed by atoms with Crippen molar-refractivity contribution in [3.05, 3.63) is 22.6 Å². The largest absolute Gasteiger partial charge is 0.385 e. The van der Waals surface area contributed by atoms with Gasteiger partial charge in [-0.15, -0.1) is 0 Å². The minimum absolute atomic E-state index is 0.0696. The van der Waals surface area contributed by atoms with E-state index in [2.05, 4.69) is 15.7 Å². The van der Waals surface area contributed by atoms with Crippen molar-refractivity contribution in [2.45, 2.75) is 26.3 Å². The van der Waals surface area contributed by atoms with Crippen LogP contribution in [0.25, 0.3) is 0 Å². The van der Waals surface area contributed by atoms with Crippen molar-refractivity contribution < 1.29 is 9.53 Å². The topological polar surface area (TPSA) is 85.2 Å². The Bertz CT molecular complexity index is 473. The first-order chi connectivity index (χ1) is 9.67. The minimum atomic E-state index is -0.293. The molecule has 0 saturated carbocycles. The highest BCUT2D eigenvalue weighted by Gasteiger charge is 2.05. The Kier molecular flexibility index (Phi) is 7.34. The molecular weight excluding hydrogens is 260 g/mol. The number of rotatable bonds is 9. The highest BCUT2D eigenvalue weighted by atomic mass is 16.5. The average Bonchev–Trinajstić information content (AvgIpc) is 2.44. The summed E-state index contributed by atoms with van der Waals surface area (Å²) in [4.78, 5) is 23.4. The molecule has 0 fully saturated rings. The number of hydrogen-bond acceptors (Lipinski definition) is 5. The molecule has 1 aromatic heterocycles. The van der Waals surface area contributed by atoms with Crippen LogP contribution in [-0.4, -0.2) is 42.5 Å². The first-order valence-corrected chi connectivity index (χ1v) is 6.74. The first-order valence-electron chi connectivity index (χ1n) is 6.74. The predicted octanol–water partition coefficient (Wildman–Crippen LogP) is 0.218. The highest BCUT2D eigenvalue weighted by Crippen LogP contribution is 1.99. The number of carbonyl (C=O) groups excluding carboxylic acids is 1. The molecule has 1 amide bonds. The molecule has 0 aliphatic carbocycles. The van der Waals surface area contributed by atoms with Crippen LogP contribution in [-0.2, 0) is 16.1 Å². The number of aromatic nitrogens is 2. The van der Waals surface area contributed by atoms with Gasteiger partial charge in [-0.25, -0.2) is 4.68 Å². The summed E-state index contributed by atoms with van der Waals surface area (Å²) >= 11 is 0. The second-order valence-corrected chi connectivity index (χ2v) is 4.36. The van der Waals surface area contributed by atoms with E-state index in [-0.39, 0.29) is 18.0 Å². The van der Waals surface area contributed by atoms with E-state index in [1.54, 1.807) is 13.3 Å². The van der Waals surface area contributed by atoms with E-state index in [1.807, 2.05) is 6.92 Å². The lowest BCUT2D eigenvalue weighted by atomic mass is 10.4. The lowest BCUT2D eigenvalue weighted by Crippen LogP contribution is -2.34. The van der Waals surface area contributed by atoms with Crippen molar-refractivity contribution in [3.8, 4) is 0 Å². The standard InChI is InChI=1S/C13H22N4O3/c1-3-5-14-11-8-13(19)17(16-9-11)10-12(18)15-6-4-7-20-2/h8-9,14H,3-7,10H2,1-2H3,(H,15,18). The molecule has 20 heavy (non-hydrogen) atoms. The summed E-state index contributed by atoms with van der Waals surface area (Å²) < 4.78 is 6.02. The van der Waals surface area contributed by atoms with Crippen LogP contribution >= 0.6 is 0 Å². The van der Waals surface area contributed by atoms with Gasteiger partial charge < -0.3 is 15.4 Å². The van der Waals surface area contributed by atoms with E-state index in [9.17, 15) is 9.59 Å². The van der Waals surface area contributed by atoms with E-state index >= 15 is 0 Å². The van der Waals surface area contributed by atoms with Gasteiger partial charge in [-0.2, -0.15) is 5.10 Å². The van der Waals surface area contributed by atoms with Gasteiger partial charge in [0.1, 0.15) is 6.54 Å². The third-order valence-corrected chi connectivity index (χ3v) is 2.59. The molecule has 0 aromatic carbocycles. The van der Waals surface area contributed by atoms with Crippen molar-refractivity contribution >= 4 is 11.6 Å². The van der Waals surface area contributed by atoms with Crippen LogP contribution in [0, 0.1) is 0 Å². The van der Waals surface area contributed by atoms with Crippen LogP contribution in [0.15, 0.2) is 17.1 Å². The number of nitrogens with one attached hydrogen (secondary N) is 2. The molecule has 0 spiro atoms. The molecule has 0 unspecified atom stereocenters. The summed E-state index contributed by atoms with van der Waals surface area (Å²) in [5.41, 5.74) is 0.381. The second kappa shape index (κ2) is 9.08. The Balaban J connectivity index is 2.47. The number of amides is 1. The summed E-state index contributed by atoms with van der Waals surface area (Å²) in [5.74, 6) is -0.232. The summed E-state index contributed by atoms with van der Waals surface area (Å²) in [7, 11) is 1.61. The molecule has 0 aliphatic heterocycles. The van der Waals surface area contributed by atoms with Crippen molar-refractivity contribution in [2.75, 3.05) is 32.1 Å². The molecule has 1 aromatic rings. The van der Waals surface area contributed by atoms with Crippen molar-refractivity contribution in [1.82, 2.24) is 15.1 Å². The fourth-order valence-corrected chi connectivity index (χ4v) is 1.55. The molecule has 2 N–H and O–H groups in total. The van der Waals surface area contributed by atoms with Gasteiger partial charge in [0.2, 0.25) is 5.91 Å². The van der Waals surface area contributed by atoms with Crippen LogP contribution in [0.3, 0.4) is 0 Å². The smallest absolute Gasteiger partial charge is 0.269 e. The van der Waals surface area contributed by atoms with Gasteiger partial charge >= 0.3 is 0 Å². The number of carbonyl (C=O) groups is 1. The van der Waals surface area contributed by atoms with E-state index < -0.39 is 0 Å². The number of methoxy groups -OCH3 is 1. The first kappa shape index (κ1) is 16.2. The van der Waals surface area contributed by atoms with Crippen molar-refractivity contribution in [2.24, 2.45) is 0 Å². The van der Waals surface area contributed by atoms with Gasteiger partial charge in [0.25, 0.3) is 5.56 Å². The van der Waals surface area contributed by atoms with Crippen LogP contribution in [0.5, 0.6) is 0 Å². The van der Waals surface area contributed by atoms with Gasteiger partial charge in [0.05, 0.1) is 11.9 Å². The number of nitrogens with zero attached hydrogens (tertiary/aromatic N) is 2. The normalized spacial score (nSPS) is 10.3. The zero-order chi connectivity index (χ0) is 14.8. The van der Waals surface area contributed by atoms with Crippen LogP contribution in [0.4, 0.5) is 5.69 Å². The van der Waals surface area contributed by atoms with Crippen molar-refractivity contribution in [3.63, 3.8) is 0 Å². The Morgan fingerprint density at radius 1 is 1.45 bits per heavy atom. The third kappa shape index (κ3) is 5.83. The van der Waals surface area contributed by atoms with Gasteiger partial charge in [0.15, 0.2) is 0 Å². The fourth-order valence-electron chi connectivity index (χ4n) is 1.55. The van der Waals surface area contributed by atoms with E-state index in [1.165, 1.54) is 6.07 Å². The van der Waals surface area contributed by atoms with Gasteiger partial charge in [-0.3, -0.25) is 9.59 Å². The lowest BCUT2D eigenvalue weighted by Gasteiger charge is -2.08. The van der Waals surface area contributed by atoms with E-state index in [0.29, 0.717) is 18.8 Å². The maximum atomic E-state index is 11.8. The monoisotopic (exact) mass is 282 g/mol. The second-order valence-electron chi connectivity index (χ2n) is 4.36. The average molecular weight is 282 g/mol.